The molecular formula is C15H18N2O6S. The predicted octanol–water partition coefficient (Wildman–Crippen LogP) is 0.0765. The number of carbonyl (C=O) groups excluding carboxylic acids is 1. The highest BCUT2D eigenvalue weighted by Gasteiger charge is 2.29. The molecule has 1 aliphatic heterocycles. The Labute approximate surface area is 139 Å². The maximum atomic E-state index is 12.5. The summed E-state index contributed by atoms with van der Waals surface area (Å²) in [4.78, 5) is 24.8. The minimum Gasteiger partial charge on any atom is -0.479 e. The van der Waals surface area contributed by atoms with Gasteiger partial charge in [-0.15, -0.1) is 6.58 Å². The molecule has 0 saturated carbocycles. The van der Waals surface area contributed by atoms with Crippen molar-refractivity contribution in [1.29, 1.82) is 0 Å². The number of sulfonamides is 1. The van der Waals surface area contributed by atoms with Crippen LogP contribution in [0.4, 0.5) is 0 Å². The van der Waals surface area contributed by atoms with E-state index in [4.69, 9.17) is 9.84 Å². The zero-order chi connectivity index (χ0) is 17.7. The molecule has 1 saturated heterocycles. The third-order valence-electron chi connectivity index (χ3n) is 3.44. The first-order valence-electron chi connectivity index (χ1n) is 7.19. The van der Waals surface area contributed by atoms with E-state index in [9.17, 15) is 18.0 Å². The lowest BCUT2D eigenvalue weighted by molar-refractivity contribution is -0.154. The third-order valence-corrected chi connectivity index (χ3v) is 4.86. The van der Waals surface area contributed by atoms with Crippen LogP contribution in [-0.4, -0.2) is 62.6 Å². The van der Waals surface area contributed by atoms with Gasteiger partial charge in [0, 0.05) is 18.7 Å². The van der Waals surface area contributed by atoms with Crippen molar-refractivity contribution in [2.24, 2.45) is 0 Å². The SMILES string of the molecule is C=CCNS(=O)(=O)c1cccc(C(=O)N2CCOC(C(=O)O)C2)c1. The summed E-state index contributed by atoms with van der Waals surface area (Å²) in [5, 5.41) is 8.98. The van der Waals surface area contributed by atoms with Gasteiger partial charge >= 0.3 is 5.97 Å². The van der Waals surface area contributed by atoms with Gasteiger partial charge in [0.2, 0.25) is 10.0 Å². The summed E-state index contributed by atoms with van der Waals surface area (Å²) in [6, 6.07) is 5.59. The molecule has 0 aromatic heterocycles. The molecule has 0 radical (unpaired) electrons. The van der Waals surface area contributed by atoms with E-state index in [1.165, 1.54) is 35.2 Å². The summed E-state index contributed by atoms with van der Waals surface area (Å²) < 4.78 is 31.6. The lowest BCUT2D eigenvalue weighted by atomic mass is 10.1. The summed E-state index contributed by atoms with van der Waals surface area (Å²) >= 11 is 0. The number of carboxylic acid groups (broad SMARTS) is 1. The number of morpholine rings is 1. The van der Waals surface area contributed by atoms with Crippen molar-refractivity contribution >= 4 is 21.9 Å². The molecule has 1 amide bonds. The molecule has 0 bridgehead atoms. The zero-order valence-electron chi connectivity index (χ0n) is 12.8. The zero-order valence-corrected chi connectivity index (χ0v) is 13.7. The van der Waals surface area contributed by atoms with E-state index in [1.807, 2.05) is 0 Å². The first kappa shape index (κ1) is 18.1. The van der Waals surface area contributed by atoms with Gasteiger partial charge in [0.15, 0.2) is 6.10 Å². The number of amides is 1. The predicted molar refractivity (Wildman–Crippen MR) is 85.1 cm³/mol. The van der Waals surface area contributed by atoms with Gasteiger partial charge in [-0.05, 0) is 18.2 Å². The number of carbonyl (C=O) groups is 2. The quantitative estimate of drug-likeness (QED) is 0.700. The largest absolute Gasteiger partial charge is 0.479 e. The van der Waals surface area contributed by atoms with Crippen molar-refractivity contribution in [2.45, 2.75) is 11.0 Å². The number of carboxylic acids is 1. The number of nitrogens with one attached hydrogen (secondary N) is 1. The molecule has 9 heteroatoms. The molecular weight excluding hydrogens is 336 g/mol. The molecule has 1 fully saturated rings. The summed E-state index contributed by atoms with van der Waals surface area (Å²) in [7, 11) is -3.74. The maximum Gasteiger partial charge on any atom is 0.334 e. The van der Waals surface area contributed by atoms with Crippen molar-refractivity contribution < 1.29 is 27.9 Å². The molecule has 1 aliphatic rings. The van der Waals surface area contributed by atoms with Gasteiger partial charge in [-0.25, -0.2) is 17.9 Å². The Bertz CT molecular complexity index is 746. The van der Waals surface area contributed by atoms with E-state index in [-0.39, 0.29) is 36.7 Å². The Morgan fingerprint density at radius 3 is 2.88 bits per heavy atom. The van der Waals surface area contributed by atoms with Crippen LogP contribution in [0.5, 0.6) is 0 Å². The number of benzene rings is 1. The molecule has 1 aromatic rings. The van der Waals surface area contributed by atoms with E-state index in [0.29, 0.717) is 0 Å². The summed E-state index contributed by atoms with van der Waals surface area (Å²) in [5.41, 5.74) is 0.169. The van der Waals surface area contributed by atoms with E-state index in [2.05, 4.69) is 11.3 Å². The molecule has 1 aromatic carbocycles. The van der Waals surface area contributed by atoms with Crippen LogP contribution in [0.25, 0.3) is 0 Å². The Morgan fingerprint density at radius 1 is 1.46 bits per heavy atom. The molecule has 2 N–H and O–H groups in total. The van der Waals surface area contributed by atoms with Crippen molar-refractivity contribution in [1.82, 2.24) is 9.62 Å². The molecule has 2 rings (SSSR count). The minimum atomic E-state index is -3.74. The highest BCUT2D eigenvalue weighted by atomic mass is 32.2. The first-order valence-corrected chi connectivity index (χ1v) is 8.68. The van der Waals surface area contributed by atoms with Gasteiger partial charge in [0.25, 0.3) is 5.91 Å². The van der Waals surface area contributed by atoms with Gasteiger partial charge < -0.3 is 14.7 Å². The number of nitrogens with zero attached hydrogens (tertiary/aromatic N) is 1. The summed E-state index contributed by atoms with van der Waals surface area (Å²) in [6.45, 7) is 3.79. The third kappa shape index (κ3) is 4.19. The lowest BCUT2D eigenvalue weighted by Gasteiger charge is -2.31. The van der Waals surface area contributed by atoms with Crippen LogP contribution in [0.3, 0.4) is 0 Å². The fourth-order valence-corrected chi connectivity index (χ4v) is 3.26. The Hall–Kier alpha value is -2.23. The van der Waals surface area contributed by atoms with Gasteiger partial charge in [-0.2, -0.15) is 0 Å². The van der Waals surface area contributed by atoms with Crippen LogP contribution in [0.15, 0.2) is 41.8 Å². The molecule has 0 spiro atoms. The molecule has 1 heterocycles. The summed E-state index contributed by atoms with van der Waals surface area (Å²) in [6.07, 6.45) is 0.329. The molecule has 0 aliphatic carbocycles. The van der Waals surface area contributed by atoms with Crippen molar-refractivity contribution in [3.05, 3.63) is 42.5 Å². The normalized spacial score (nSPS) is 18.2. The lowest BCUT2D eigenvalue weighted by Crippen LogP contribution is -2.48. The van der Waals surface area contributed by atoms with E-state index in [0.717, 1.165) is 0 Å². The first-order chi connectivity index (χ1) is 11.3. The molecule has 1 atom stereocenters. The maximum absolute atomic E-state index is 12.5. The van der Waals surface area contributed by atoms with Crippen molar-refractivity contribution in [3.63, 3.8) is 0 Å². The van der Waals surface area contributed by atoms with E-state index >= 15 is 0 Å². The average Bonchev–Trinajstić information content (AvgIpc) is 2.59. The summed E-state index contributed by atoms with van der Waals surface area (Å²) in [5.74, 6) is -1.58. The standard InChI is InChI=1S/C15H18N2O6S/c1-2-6-16-24(21,22)12-5-3-4-11(9-12)14(18)17-7-8-23-13(10-17)15(19)20/h2-5,9,13,16H,1,6-8,10H2,(H,19,20). The average molecular weight is 354 g/mol. The van der Waals surface area contributed by atoms with Crippen LogP contribution >= 0.6 is 0 Å². The Balaban J connectivity index is 2.20. The van der Waals surface area contributed by atoms with Crippen LogP contribution in [-0.2, 0) is 19.6 Å². The number of aliphatic carboxylic acids is 1. The van der Waals surface area contributed by atoms with Crippen molar-refractivity contribution in [2.75, 3.05) is 26.2 Å². The fourth-order valence-electron chi connectivity index (χ4n) is 2.21. The smallest absolute Gasteiger partial charge is 0.334 e. The van der Waals surface area contributed by atoms with Crippen LogP contribution in [0, 0.1) is 0 Å². The van der Waals surface area contributed by atoms with Crippen LogP contribution in [0.1, 0.15) is 10.4 Å². The second-order valence-electron chi connectivity index (χ2n) is 5.12. The van der Waals surface area contributed by atoms with Crippen LogP contribution in [0.2, 0.25) is 0 Å². The number of hydrogen-bond donors (Lipinski definition) is 2. The minimum absolute atomic E-state index is 0.0433. The fraction of sp³-hybridized carbons (Fsp3) is 0.333. The number of hydrogen-bond acceptors (Lipinski definition) is 5. The highest BCUT2D eigenvalue weighted by Crippen LogP contribution is 2.15. The highest BCUT2D eigenvalue weighted by molar-refractivity contribution is 7.89. The monoisotopic (exact) mass is 354 g/mol. The number of ether oxygens (including phenoxy) is 1. The van der Waals surface area contributed by atoms with Crippen LogP contribution < -0.4 is 4.72 Å². The molecule has 1 unspecified atom stereocenters. The topological polar surface area (TPSA) is 113 Å². The Morgan fingerprint density at radius 2 is 2.21 bits per heavy atom. The van der Waals surface area contributed by atoms with Crippen molar-refractivity contribution in [3.8, 4) is 0 Å². The van der Waals surface area contributed by atoms with Gasteiger partial charge in [-0.1, -0.05) is 12.1 Å². The molecule has 130 valence electrons. The van der Waals surface area contributed by atoms with Gasteiger partial charge in [0.05, 0.1) is 18.0 Å². The molecule has 24 heavy (non-hydrogen) atoms. The van der Waals surface area contributed by atoms with Gasteiger partial charge in [-0.3, -0.25) is 4.79 Å². The Kier molecular flexibility index (Phi) is 5.71. The molecule has 8 nitrogen and oxygen atoms in total. The number of rotatable bonds is 6. The second kappa shape index (κ2) is 7.56. The van der Waals surface area contributed by atoms with E-state index in [1.54, 1.807) is 0 Å². The van der Waals surface area contributed by atoms with Gasteiger partial charge in [0.1, 0.15) is 0 Å². The van der Waals surface area contributed by atoms with E-state index < -0.39 is 28.0 Å². The second-order valence-corrected chi connectivity index (χ2v) is 6.88.